The molecular weight excluding hydrogens is 484 g/mol. The third-order valence-electron chi connectivity index (χ3n) is 7.58. The number of amides is 2. The van der Waals surface area contributed by atoms with Crippen LogP contribution in [0.3, 0.4) is 0 Å². The van der Waals surface area contributed by atoms with E-state index in [9.17, 15) is 14.4 Å². The number of carbonyl (C=O) groups is 3. The first-order valence-electron chi connectivity index (χ1n) is 12.6. The molecule has 0 aliphatic carbocycles. The highest BCUT2D eigenvalue weighted by Crippen LogP contribution is 2.41. The normalized spacial score (nSPS) is 21.1. The van der Waals surface area contributed by atoms with Crippen molar-refractivity contribution in [2.24, 2.45) is 4.99 Å². The number of rotatable bonds is 5. The molecule has 1 N–H and O–H groups in total. The molecule has 3 aromatic rings. The third kappa shape index (κ3) is 3.54. The standard InChI is InChI=1S/C29H24N4O5/c34-22(16-32-10-13-37-14-11-32)21-15-18-4-2-6-20-25(30-8-9-33(21)26(18)20)24-23(28(35)31-29(24)36)19-5-1-3-17-7-12-38-27(17)19/h1-9,12,21H,10-11,13-16H2,(H,31,35,36). The first-order chi connectivity index (χ1) is 18.6. The number of imide groups is 1. The quantitative estimate of drug-likeness (QED) is 0.528. The van der Waals surface area contributed by atoms with E-state index in [2.05, 4.69) is 15.2 Å². The predicted octanol–water partition coefficient (Wildman–Crippen LogP) is 2.45. The molecule has 5 heterocycles. The number of furan rings is 1. The molecule has 1 atom stereocenters. The summed E-state index contributed by atoms with van der Waals surface area (Å²) in [6.45, 7) is 3.10. The molecule has 2 aromatic carbocycles. The topological polar surface area (TPSA) is 104 Å². The van der Waals surface area contributed by atoms with Crippen LogP contribution in [0.1, 0.15) is 16.7 Å². The Balaban J connectivity index is 1.31. The molecule has 1 saturated heterocycles. The lowest BCUT2D eigenvalue weighted by Gasteiger charge is -2.29. The average molecular weight is 509 g/mol. The minimum absolute atomic E-state index is 0.125. The highest BCUT2D eigenvalue weighted by molar-refractivity contribution is 6.48. The Morgan fingerprint density at radius 3 is 2.66 bits per heavy atom. The predicted molar refractivity (Wildman–Crippen MR) is 141 cm³/mol. The Bertz CT molecular complexity index is 1610. The Kier molecular flexibility index (Phi) is 5.34. The fourth-order valence-corrected chi connectivity index (χ4v) is 5.82. The lowest BCUT2D eigenvalue weighted by molar-refractivity contribution is -0.124. The van der Waals surface area contributed by atoms with Crippen LogP contribution in [0.4, 0.5) is 5.69 Å². The molecule has 4 aliphatic rings. The van der Waals surface area contributed by atoms with E-state index in [1.165, 1.54) is 0 Å². The van der Waals surface area contributed by atoms with Crippen LogP contribution < -0.4 is 10.2 Å². The number of fused-ring (bicyclic) bond motifs is 1. The number of Topliss-reactive ketones (excluding diaryl/α,β-unsaturated/α-hetero) is 1. The number of hydrogen-bond donors (Lipinski definition) is 1. The van der Waals surface area contributed by atoms with Gasteiger partial charge in [0.25, 0.3) is 11.8 Å². The zero-order valence-electron chi connectivity index (χ0n) is 20.5. The van der Waals surface area contributed by atoms with Gasteiger partial charge in [-0.1, -0.05) is 36.4 Å². The zero-order valence-corrected chi connectivity index (χ0v) is 20.5. The van der Waals surface area contributed by atoms with Crippen molar-refractivity contribution in [2.45, 2.75) is 12.5 Å². The number of nitrogens with zero attached hydrogens (tertiary/aromatic N) is 3. The van der Waals surface area contributed by atoms with Crippen LogP contribution in [0.2, 0.25) is 0 Å². The minimum Gasteiger partial charge on any atom is -0.464 e. The lowest BCUT2D eigenvalue weighted by atomic mass is 9.92. The molecule has 9 nitrogen and oxygen atoms in total. The van der Waals surface area contributed by atoms with Gasteiger partial charge in [0.1, 0.15) is 5.58 Å². The summed E-state index contributed by atoms with van der Waals surface area (Å²) in [6, 6.07) is 12.7. The number of nitrogens with one attached hydrogen (secondary N) is 1. The highest BCUT2D eigenvalue weighted by Gasteiger charge is 2.41. The van der Waals surface area contributed by atoms with E-state index < -0.39 is 11.8 Å². The van der Waals surface area contributed by atoms with Gasteiger partial charge >= 0.3 is 0 Å². The molecule has 7 rings (SSSR count). The Labute approximate surface area is 218 Å². The van der Waals surface area contributed by atoms with Gasteiger partial charge in [-0.05, 0) is 11.6 Å². The highest BCUT2D eigenvalue weighted by atomic mass is 16.5. The van der Waals surface area contributed by atoms with E-state index in [1.807, 2.05) is 41.3 Å². The summed E-state index contributed by atoms with van der Waals surface area (Å²) in [6.07, 6.45) is 5.53. The van der Waals surface area contributed by atoms with Gasteiger partial charge in [0.15, 0.2) is 5.78 Å². The van der Waals surface area contributed by atoms with Crippen molar-refractivity contribution in [3.05, 3.63) is 83.4 Å². The van der Waals surface area contributed by atoms with Gasteiger partial charge < -0.3 is 14.1 Å². The minimum atomic E-state index is -0.510. The van der Waals surface area contributed by atoms with Crippen LogP contribution in [0.25, 0.3) is 16.5 Å². The van der Waals surface area contributed by atoms with Crippen LogP contribution in [0.5, 0.6) is 0 Å². The van der Waals surface area contributed by atoms with Crippen LogP contribution in [-0.2, 0) is 25.5 Å². The Morgan fingerprint density at radius 2 is 1.79 bits per heavy atom. The SMILES string of the molecule is O=C1NC(=O)C(c2cccc3ccoc23)=C1C1=NC=CN2c3c(cccc31)CC2C(=O)CN1CCOCC1. The summed E-state index contributed by atoms with van der Waals surface area (Å²) in [7, 11) is 0. The molecule has 0 saturated carbocycles. The van der Waals surface area contributed by atoms with Crippen LogP contribution >= 0.6 is 0 Å². The summed E-state index contributed by atoms with van der Waals surface area (Å²) in [5.74, 6) is -0.877. The number of carbonyl (C=O) groups excluding carboxylic acids is 3. The van der Waals surface area contributed by atoms with Crippen molar-refractivity contribution in [3.8, 4) is 0 Å². The molecule has 1 fully saturated rings. The fourth-order valence-electron chi connectivity index (χ4n) is 5.82. The molecule has 0 bridgehead atoms. The second-order valence-electron chi connectivity index (χ2n) is 9.75. The van der Waals surface area contributed by atoms with Gasteiger partial charge in [0.05, 0.1) is 54.6 Å². The van der Waals surface area contributed by atoms with Crippen molar-refractivity contribution >= 4 is 45.5 Å². The van der Waals surface area contributed by atoms with Crippen LogP contribution in [-0.4, -0.2) is 67.1 Å². The van der Waals surface area contributed by atoms with Gasteiger partial charge in [-0.15, -0.1) is 0 Å². The molecule has 1 aromatic heterocycles. The largest absolute Gasteiger partial charge is 0.464 e. The summed E-state index contributed by atoms with van der Waals surface area (Å²) in [5.41, 5.74) is 4.43. The lowest BCUT2D eigenvalue weighted by Crippen LogP contribution is -2.45. The first-order valence-corrected chi connectivity index (χ1v) is 12.6. The maximum absolute atomic E-state index is 13.4. The first kappa shape index (κ1) is 22.8. The van der Waals surface area contributed by atoms with Crippen molar-refractivity contribution < 1.29 is 23.5 Å². The molecule has 0 radical (unpaired) electrons. The van der Waals surface area contributed by atoms with Gasteiger partial charge in [0.2, 0.25) is 0 Å². The van der Waals surface area contributed by atoms with E-state index >= 15 is 0 Å². The van der Waals surface area contributed by atoms with Crippen LogP contribution in [0, 0.1) is 0 Å². The summed E-state index contributed by atoms with van der Waals surface area (Å²) < 4.78 is 11.1. The van der Waals surface area contributed by atoms with Crippen molar-refractivity contribution in [1.29, 1.82) is 0 Å². The number of anilines is 1. The van der Waals surface area contributed by atoms with E-state index in [1.54, 1.807) is 24.7 Å². The van der Waals surface area contributed by atoms with Gasteiger partial charge in [-0.2, -0.15) is 0 Å². The number of morpholine rings is 1. The number of ketones is 1. The summed E-state index contributed by atoms with van der Waals surface area (Å²) >= 11 is 0. The van der Waals surface area contributed by atoms with Crippen LogP contribution in [0.15, 0.2) is 76.1 Å². The fraction of sp³-hybridized carbons (Fsp3) is 0.241. The van der Waals surface area contributed by atoms with E-state index in [0.717, 1.165) is 29.7 Å². The summed E-state index contributed by atoms with van der Waals surface area (Å²) in [4.78, 5) is 48.5. The van der Waals surface area contributed by atoms with Gasteiger partial charge in [0, 0.05) is 48.4 Å². The number of para-hydroxylation sites is 2. The zero-order chi connectivity index (χ0) is 25.8. The molecule has 2 amide bonds. The van der Waals surface area contributed by atoms with E-state index in [4.69, 9.17) is 9.15 Å². The summed E-state index contributed by atoms with van der Waals surface area (Å²) in [5, 5.41) is 3.28. The second-order valence-corrected chi connectivity index (χ2v) is 9.75. The smallest absolute Gasteiger partial charge is 0.261 e. The maximum Gasteiger partial charge on any atom is 0.261 e. The molecule has 9 heteroatoms. The van der Waals surface area contributed by atoms with Gasteiger partial charge in [-0.3, -0.25) is 29.6 Å². The monoisotopic (exact) mass is 508 g/mol. The molecule has 0 spiro atoms. The van der Waals surface area contributed by atoms with Crippen molar-refractivity contribution in [3.63, 3.8) is 0 Å². The van der Waals surface area contributed by atoms with Gasteiger partial charge in [-0.25, -0.2) is 0 Å². The third-order valence-corrected chi connectivity index (χ3v) is 7.58. The number of benzene rings is 2. The molecular formula is C29H24N4O5. The van der Waals surface area contributed by atoms with E-state index in [-0.39, 0.29) is 23.0 Å². The molecule has 1 unspecified atom stereocenters. The molecule has 190 valence electrons. The Morgan fingerprint density at radius 1 is 1.00 bits per heavy atom. The van der Waals surface area contributed by atoms with Crippen molar-refractivity contribution in [2.75, 3.05) is 37.7 Å². The number of ether oxygens (including phenoxy) is 1. The molecule has 38 heavy (non-hydrogen) atoms. The second kappa shape index (κ2) is 8.90. The molecule has 4 aliphatic heterocycles. The number of aliphatic imine (C=N–C) groups is 1. The average Bonchev–Trinajstić information content (AvgIpc) is 3.59. The number of hydrogen-bond acceptors (Lipinski definition) is 8. The van der Waals surface area contributed by atoms with E-state index in [0.29, 0.717) is 48.6 Å². The Hall–Kier alpha value is -4.34. The maximum atomic E-state index is 13.4. The van der Waals surface area contributed by atoms with Crippen molar-refractivity contribution in [1.82, 2.24) is 10.2 Å².